The topological polar surface area (TPSA) is 92.9 Å². The molecule has 0 aromatic heterocycles. The minimum atomic E-state index is -0.923. The number of ether oxygens (including phenoxy) is 1. The third kappa shape index (κ3) is 3.33. The molecule has 0 saturated carbocycles. The highest BCUT2D eigenvalue weighted by molar-refractivity contribution is 6.31. The summed E-state index contributed by atoms with van der Waals surface area (Å²) in [5, 5.41) is 9.28. The highest BCUT2D eigenvalue weighted by Gasteiger charge is 2.24. The fraction of sp³-hybridized carbons (Fsp3) is 0.385. The molecule has 1 aromatic carbocycles. The molecule has 7 heteroatoms. The zero-order chi connectivity index (χ0) is 14.7. The minimum absolute atomic E-state index is 0.134. The van der Waals surface area contributed by atoms with E-state index in [2.05, 4.69) is 0 Å². The maximum atomic E-state index is 11.4. The summed E-state index contributed by atoms with van der Waals surface area (Å²) >= 11 is 5.82. The van der Waals surface area contributed by atoms with Crippen molar-refractivity contribution >= 4 is 23.6 Å². The molecule has 1 fully saturated rings. The summed E-state index contributed by atoms with van der Waals surface area (Å²) in [5.74, 6) is -0.221. The van der Waals surface area contributed by atoms with Crippen molar-refractivity contribution in [3.8, 4) is 5.75 Å². The quantitative estimate of drug-likeness (QED) is 0.892. The van der Waals surface area contributed by atoms with Crippen molar-refractivity contribution < 1.29 is 19.4 Å². The molecule has 2 amide bonds. The number of nitrogens with zero attached hydrogens (tertiary/aromatic N) is 1. The van der Waals surface area contributed by atoms with Crippen LogP contribution in [0.1, 0.15) is 23.2 Å². The molecule has 1 aromatic rings. The van der Waals surface area contributed by atoms with Crippen LogP contribution in [0.25, 0.3) is 0 Å². The van der Waals surface area contributed by atoms with Gasteiger partial charge < -0.3 is 20.5 Å². The largest absolute Gasteiger partial charge is 0.489 e. The van der Waals surface area contributed by atoms with Gasteiger partial charge >= 0.3 is 6.09 Å². The molecule has 0 bridgehead atoms. The van der Waals surface area contributed by atoms with E-state index in [0.29, 0.717) is 36.7 Å². The lowest BCUT2D eigenvalue weighted by Gasteiger charge is -2.30. The first-order valence-electron chi connectivity index (χ1n) is 6.21. The van der Waals surface area contributed by atoms with Crippen molar-refractivity contribution in [3.05, 3.63) is 28.8 Å². The number of carbonyl (C=O) groups excluding carboxylic acids is 1. The molecule has 0 atom stereocenters. The second-order valence-electron chi connectivity index (χ2n) is 4.59. The van der Waals surface area contributed by atoms with Crippen molar-refractivity contribution in [1.82, 2.24) is 4.90 Å². The Labute approximate surface area is 121 Å². The molecule has 6 nitrogen and oxygen atoms in total. The van der Waals surface area contributed by atoms with E-state index in [0.717, 1.165) is 0 Å². The van der Waals surface area contributed by atoms with Gasteiger partial charge in [0.25, 0.3) is 5.91 Å². The maximum absolute atomic E-state index is 11.4. The zero-order valence-electron chi connectivity index (χ0n) is 10.7. The zero-order valence-corrected chi connectivity index (χ0v) is 11.5. The Morgan fingerprint density at radius 1 is 1.35 bits per heavy atom. The van der Waals surface area contributed by atoms with Crippen LogP contribution in [0.4, 0.5) is 4.79 Å². The normalized spacial score (nSPS) is 15.9. The number of carbonyl (C=O) groups is 2. The van der Waals surface area contributed by atoms with Crippen molar-refractivity contribution in [1.29, 1.82) is 0 Å². The van der Waals surface area contributed by atoms with Gasteiger partial charge in [-0.2, -0.15) is 0 Å². The summed E-state index contributed by atoms with van der Waals surface area (Å²) in [5.41, 5.74) is 5.52. The first kappa shape index (κ1) is 14.5. The van der Waals surface area contributed by atoms with Crippen molar-refractivity contribution in [3.63, 3.8) is 0 Å². The van der Waals surface area contributed by atoms with E-state index in [4.69, 9.17) is 27.2 Å². The van der Waals surface area contributed by atoms with Crippen LogP contribution in [0, 0.1) is 0 Å². The molecule has 1 aliphatic rings. The van der Waals surface area contributed by atoms with Gasteiger partial charge in [-0.1, -0.05) is 11.6 Å². The lowest BCUT2D eigenvalue weighted by Crippen LogP contribution is -2.41. The average Bonchev–Trinajstić information content (AvgIpc) is 2.41. The summed E-state index contributed by atoms with van der Waals surface area (Å²) in [6.07, 6.45) is 0.0953. The van der Waals surface area contributed by atoms with E-state index in [-0.39, 0.29) is 11.7 Å². The molecular formula is C13H15ClN2O4. The number of amides is 2. The second kappa shape index (κ2) is 6.00. The van der Waals surface area contributed by atoms with Gasteiger partial charge in [0.05, 0.1) is 5.56 Å². The predicted molar refractivity (Wildman–Crippen MR) is 73.2 cm³/mol. The molecule has 0 aliphatic carbocycles. The third-order valence-corrected chi connectivity index (χ3v) is 3.45. The minimum Gasteiger partial charge on any atom is -0.489 e. The second-order valence-corrected chi connectivity index (χ2v) is 5.03. The molecule has 0 spiro atoms. The number of primary amides is 1. The lowest BCUT2D eigenvalue weighted by molar-refractivity contribution is 0.0876. The monoisotopic (exact) mass is 298 g/mol. The number of benzene rings is 1. The third-order valence-electron chi connectivity index (χ3n) is 3.21. The van der Waals surface area contributed by atoms with E-state index in [1.807, 2.05) is 0 Å². The Morgan fingerprint density at radius 3 is 2.55 bits per heavy atom. The van der Waals surface area contributed by atoms with Crippen LogP contribution >= 0.6 is 11.6 Å². The Bertz CT molecular complexity index is 527. The molecule has 0 radical (unpaired) electrons. The van der Waals surface area contributed by atoms with Gasteiger partial charge in [-0.15, -0.1) is 0 Å². The molecule has 20 heavy (non-hydrogen) atoms. The molecule has 1 saturated heterocycles. The standard InChI is InChI=1S/C13H15ClN2O4/c14-8-1-2-11(10(7-8)12(15)17)20-9-3-5-16(6-4-9)13(18)19/h1-2,7,9H,3-6H2,(H2,15,17)(H,18,19). The number of hydrogen-bond acceptors (Lipinski definition) is 3. The van der Waals surface area contributed by atoms with Crippen LogP contribution in [0.15, 0.2) is 18.2 Å². The number of likely N-dealkylation sites (tertiary alicyclic amines) is 1. The van der Waals surface area contributed by atoms with Crippen LogP contribution in [-0.4, -0.2) is 41.2 Å². The van der Waals surface area contributed by atoms with Crippen LogP contribution in [0.5, 0.6) is 5.75 Å². The summed E-state index contributed by atoms with van der Waals surface area (Å²) in [7, 11) is 0. The number of carboxylic acid groups (broad SMARTS) is 1. The van der Waals surface area contributed by atoms with Crippen LogP contribution < -0.4 is 10.5 Å². The van der Waals surface area contributed by atoms with Crippen LogP contribution in [0.3, 0.4) is 0 Å². The van der Waals surface area contributed by atoms with Crippen molar-refractivity contribution in [2.45, 2.75) is 18.9 Å². The maximum Gasteiger partial charge on any atom is 0.407 e. The molecule has 0 unspecified atom stereocenters. The number of hydrogen-bond donors (Lipinski definition) is 2. The van der Waals surface area contributed by atoms with E-state index in [1.165, 1.54) is 11.0 Å². The number of rotatable bonds is 3. The van der Waals surface area contributed by atoms with Crippen LogP contribution in [-0.2, 0) is 0 Å². The Hall–Kier alpha value is -1.95. The molecule has 3 N–H and O–H groups in total. The smallest absolute Gasteiger partial charge is 0.407 e. The van der Waals surface area contributed by atoms with Crippen molar-refractivity contribution in [2.75, 3.05) is 13.1 Å². The first-order chi connectivity index (χ1) is 9.47. The van der Waals surface area contributed by atoms with E-state index in [1.54, 1.807) is 12.1 Å². The molecule has 2 rings (SSSR count). The Balaban J connectivity index is 2.04. The SMILES string of the molecule is NC(=O)c1cc(Cl)ccc1OC1CCN(C(=O)O)CC1. The average molecular weight is 299 g/mol. The van der Waals surface area contributed by atoms with Gasteiger partial charge in [-0.05, 0) is 18.2 Å². The Kier molecular flexibility index (Phi) is 4.34. The molecule has 1 aliphatic heterocycles. The summed E-state index contributed by atoms with van der Waals surface area (Å²) < 4.78 is 5.75. The fourth-order valence-electron chi connectivity index (χ4n) is 2.14. The van der Waals surface area contributed by atoms with Gasteiger partial charge in [-0.3, -0.25) is 4.79 Å². The van der Waals surface area contributed by atoms with Gasteiger partial charge in [0.2, 0.25) is 0 Å². The van der Waals surface area contributed by atoms with E-state index >= 15 is 0 Å². The first-order valence-corrected chi connectivity index (χ1v) is 6.59. The molecule has 1 heterocycles. The predicted octanol–water partition coefficient (Wildman–Crippen LogP) is 1.96. The highest BCUT2D eigenvalue weighted by atomic mass is 35.5. The van der Waals surface area contributed by atoms with Gasteiger partial charge in [-0.25, -0.2) is 4.79 Å². The fourth-order valence-corrected chi connectivity index (χ4v) is 2.31. The lowest BCUT2D eigenvalue weighted by atomic mass is 10.1. The highest BCUT2D eigenvalue weighted by Crippen LogP contribution is 2.26. The molecule has 108 valence electrons. The van der Waals surface area contributed by atoms with E-state index < -0.39 is 12.0 Å². The Morgan fingerprint density at radius 2 is 2.00 bits per heavy atom. The number of piperidine rings is 1. The van der Waals surface area contributed by atoms with Gasteiger partial charge in [0.15, 0.2) is 0 Å². The van der Waals surface area contributed by atoms with Crippen molar-refractivity contribution in [2.24, 2.45) is 5.73 Å². The number of halogens is 1. The summed E-state index contributed by atoms with van der Waals surface area (Å²) in [6, 6.07) is 4.69. The van der Waals surface area contributed by atoms with Gasteiger partial charge in [0.1, 0.15) is 11.9 Å². The molecular weight excluding hydrogens is 284 g/mol. The summed E-state index contributed by atoms with van der Waals surface area (Å²) in [4.78, 5) is 23.5. The summed E-state index contributed by atoms with van der Waals surface area (Å²) in [6.45, 7) is 0.832. The van der Waals surface area contributed by atoms with Crippen LogP contribution in [0.2, 0.25) is 5.02 Å². The number of nitrogens with two attached hydrogens (primary N) is 1. The van der Waals surface area contributed by atoms with E-state index in [9.17, 15) is 9.59 Å². The van der Waals surface area contributed by atoms with Gasteiger partial charge in [0, 0.05) is 31.0 Å².